The average Bonchev–Trinajstić information content (AvgIpc) is 3.06. The third-order valence-corrected chi connectivity index (χ3v) is 6.25. The fourth-order valence-corrected chi connectivity index (χ4v) is 4.67. The quantitative estimate of drug-likeness (QED) is 0.283. The van der Waals surface area contributed by atoms with Crippen molar-refractivity contribution in [3.63, 3.8) is 0 Å². The number of carbonyl (C=O) groups is 1. The van der Waals surface area contributed by atoms with Gasteiger partial charge in [0.25, 0.3) is 0 Å². The van der Waals surface area contributed by atoms with E-state index in [-0.39, 0.29) is 11.5 Å². The largest absolute Gasteiger partial charge is 0.497 e. The summed E-state index contributed by atoms with van der Waals surface area (Å²) in [7, 11) is 3.09. The van der Waals surface area contributed by atoms with E-state index in [4.69, 9.17) is 33.3 Å². The van der Waals surface area contributed by atoms with Gasteiger partial charge in [-0.1, -0.05) is 34.7 Å². The number of thioether (sulfide) groups is 1. The Morgan fingerprint density at radius 3 is 2.63 bits per heavy atom. The highest BCUT2D eigenvalue weighted by Gasteiger charge is 2.15. The zero-order chi connectivity index (χ0) is 19.4. The molecule has 0 saturated heterocycles. The van der Waals surface area contributed by atoms with Gasteiger partial charge in [0.05, 0.1) is 31.2 Å². The Bertz CT molecular complexity index is 1020. The number of hydrogen-bond donors (Lipinski definition) is 0. The fraction of sp³-hybridized carbons (Fsp3) is 0.167. The van der Waals surface area contributed by atoms with Gasteiger partial charge in [-0.15, -0.1) is 5.10 Å². The zero-order valence-corrected chi connectivity index (χ0v) is 17.7. The van der Waals surface area contributed by atoms with Gasteiger partial charge < -0.3 is 9.47 Å². The molecule has 0 N–H and O–H groups in total. The van der Waals surface area contributed by atoms with Gasteiger partial charge in [-0.05, 0) is 48.6 Å². The van der Waals surface area contributed by atoms with Crippen molar-refractivity contribution in [2.75, 3.05) is 20.0 Å². The van der Waals surface area contributed by atoms with Crippen molar-refractivity contribution in [2.45, 2.75) is 4.34 Å². The lowest BCUT2D eigenvalue weighted by Gasteiger charge is -2.09. The van der Waals surface area contributed by atoms with E-state index < -0.39 is 0 Å². The van der Waals surface area contributed by atoms with Crippen LogP contribution in [0.2, 0.25) is 5.02 Å². The lowest BCUT2D eigenvalue weighted by molar-refractivity contribution is 0.101. The van der Waals surface area contributed by atoms with Gasteiger partial charge in [0.15, 0.2) is 14.1 Å². The van der Waals surface area contributed by atoms with Gasteiger partial charge in [0.1, 0.15) is 11.5 Å². The van der Waals surface area contributed by atoms with E-state index in [9.17, 15) is 4.79 Å². The second-order valence-corrected chi connectivity index (χ2v) is 8.58. The molecule has 0 radical (unpaired) electrons. The molecule has 1 heterocycles. The van der Waals surface area contributed by atoms with Crippen LogP contribution in [0.3, 0.4) is 0 Å². The number of Topliss-reactive ketones (excluding diaryl/α,β-unsaturated/α-hetero) is 1. The van der Waals surface area contributed by atoms with Crippen molar-refractivity contribution < 1.29 is 14.3 Å². The molecule has 0 amide bonds. The van der Waals surface area contributed by atoms with Gasteiger partial charge in [0.2, 0.25) is 0 Å². The average molecular weight is 439 g/mol. The summed E-state index contributed by atoms with van der Waals surface area (Å²) >= 11 is 14.0. The molecule has 27 heavy (non-hydrogen) atoms. The summed E-state index contributed by atoms with van der Waals surface area (Å²) in [6.45, 7) is 0. The number of nitrogens with zero attached hydrogens (tertiary/aromatic N) is 2. The SMILES string of the molecule is COc1ccc(C(=O)CSc2nn(-c3ccc(Cl)cc3)c(=S)s2)c(OC)c1. The minimum absolute atomic E-state index is 0.0568. The molecule has 0 fully saturated rings. The van der Waals surface area contributed by atoms with E-state index in [2.05, 4.69) is 5.10 Å². The molecule has 0 unspecified atom stereocenters. The topological polar surface area (TPSA) is 53.3 Å². The van der Waals surface area contributed by atoms with E-state index in [0.29, 0.717) is 26.0 Å². The van der Waals surface area contributed by atoms with Crippen molar-refractivity contribution in [2.24, 2.45) is 0 Å². The molecule has 3 rings (SSSR count). The van der Waals surface area contributed by atoms with E-state index in [1.54, 1.807) is 42.1 Å². The number of benzene rings is 2. The molecule has 0 atom stereocenters. The molecule has 0 aliphatic heterocycles. The summed E-state index contributed by atoms with van der Waals surface area (Å²) in [5, 5.41) is 5.14. The van der Waals surface area contributed by atoms with Gasteiger partial charge >= 0.3 is 0 Å². The maximum absolute atomic E-state index is 12.6. The standard InChI is InChI=1S/C18H15ClN2O3S3/c1-23-13-7-8-14(16(9-13)24-2)15(22)10-26-17-20-21(18(25)27-17)12-5-3-11(19)4-6-12/h3-9H,10H2,1-2H3. The van der Waals surface area contributed by atoms with Crippen molar-refractivity contribution >= 4 is 52.7 Å². The maximum atomic E-state index is 12.6. The summed E-state index contributed by atoms with van der Waals surface area (Å²) in [6, 6.07) is 12.4. The van der Waals surface area contributed by atoms with Crippen LogP contribution in [0.25, 0.3) is 5.69 Å². The molecule has 3 aromatic rings. The monoisotopic (exact) mass is 438 g/mol. The van der Waals surface area contributed by atoms with Crippen LogP contribution in [0.4, 0.5) is 0 Å². The van der Waals surface area contributed by atoms with Crippen molar-refractivity contribution in [3.8, 4) is 17.2 Å². The molecule has 0 aliphatic rings. The number of halogens is 1. The highest BCUT2D eigenvalue weighted by molar-refractivity contribution is 8.01. The highest BCUT2D eigenvalue weighted by atomic mass is 35.5. The van der Waals surface area contributed by atoms with Gasteiger partial charge in [-0.2, -0.15) is 0 Å². The van der Waals surface area contributed by atoms with Crippen LogP contribution in [-0.4, -0.2) is 35.5 Å². The molecule has 5 nitrogen and oxygen atoms in total. The molecular formula is C18H15ClN2O3S3. The molecule has 2 aromatic carbocycles. The molecule has 1 aromatic heterocycles. The number of hydrogen-bond acceptors (Lipinski definition) is 7. The summed E-state index contributed by atoms with van der Waals surface area (Å²) in [4.78, 5) is 12.6. The van der Waals surface area contributed by atoms with Gasteiger partial charge in [-0.3, -0.25) is 4.79 Å². The summed E-state index contributed by atoms with van der Waals surface area (Å²) in [6.07, 6.45) is 0. The van der Waals surface area contributed by atoms with Crippen LogP contribution in [0, 0.1) is 3.95 Å². The first-order chi connectivity index (χ1) is 13.0. The zero-order valence-electron chi connectivity index (χ0n) is 14.5. The molecule has 140 valence electrons. The number of methoxy groups -OCH3 is 2. The number of ketones is 1. The Hall–Kier alpha value is -1.87. The van der Waals surface area contributed by atoms with Crippen LogP contribution < -0.4 is 9.47 Å². The smallest absolute Gasteiger partial charge is 0.184 e. The van der Waals surface area contributed by atoms with Crippen LogP contribution in [0.5, 0.6) is 11.5 Å². The molecule has 0 aliphatic carbocycles. The maximum Gasteiger partial charge on any atom is 0.184 e. The predicted octanol–water partition coefficient (Wildman–Crippen LogP) is 5.31. The number of rotatable bonds is 7. The van der Waals surface area contributed by atoms with E-state index in [1.165, 1.54) is 30.2 Å². The van der Waals surface area contributed by atoms with E-state index in [1.807, 2.05) is 12.1 Å². The predicted molar refractivity (Wildman–Crippen MR) is 112 cm³/mol. The summed E-state index contributed by atoms with van der Waals surface area (Å²) < 4.78 is 13.4. The number of aromatic nitrogens is 2. The van der Waals surface area contributed by atoms with Crippen molar-refractivity contribution in [1.82, 2.24) is 9.78 Å². The lowest BCUT2D eigenvalue weighted by atomic mass is 10.1. The molecule has 0 saturated carbocycles. The first-order valence-corrected chi connectivity index (χ1v) is 10.3. The normalized spacial score (nSPS) is 10.6. The molecule has 0 spiro atoms. The minimum Gasteiger partial charge on any atom is -0.497 e. The second kappa shape index (κ2) is 8.88. The van der Waals surface area contributed by atoms with Crippen molar-refractivity contribution in [1.29, 1.82) is 0 Å². The van der Waals surface area contributed by atoms with E-state index >= 15 is 0 Å². The fourth-order valence-electron chi connectivity index (χ4n) is 2.30. The Kier molecular flexibility index (Phi) is 6.54. The summed E-state index contributed by atoms with van der Waals surface area (Å²) in [5.74, 6) is 1.29. The molecular weight excluding hydrogens is 424 g/mol. The first kappa shape index (κ1) is 19.9. The van der Waals surface area contributed by atoms with Gasteiger partial charge in [-0.25, -0.2) is 4.68 Å². The van der Waals surface area contributed by atoms with Crippen LogP contribution in [-0.2, 0) is 0 Å². The first-order valence-electron chi connectivity index (χ1n) is 7.76. The Morgan fingerprint density at radius 2 is 1.96 bits per heavy atom. The third kappa shape index (κ3) is 4.70. The molecule has 9 heteroatoms. The van der Waals surface area contributed by atoms with Crippen molar-refractivity contribution in [3.05, 3.63) is 57.0 Å². The summed E-state index contributed by atoms with van der Waals surface area (Å²) in [5.41, 5.74) is 1.34. The highest BCUT2D eigenvalue weighted by Crippen LogP contribution is 2.29. The van der Waals surface area contributed by atoms with Gasteiger partial charge in [0, 0.05) is 11.1 Å². The number of ether oxygens (including phenoxy) is 2. The second-order valence-electron chi connectivity index (χ2n) is 5.30. The van der Waals surface area contributed by atoms with Crippen LogP contribution in [0.1, 0.15) is 10.4 Å². The van der Waals surface area contributed by atoms with Crippen LogP contribution >= 0.6 is 46.9 Å². The van der Waals surface area contributed by atoms with Crippen LogP contribution in [0.15, 0.2) is 46.8 Å². The lowest BCUT2D eigenvalue weighted by Crippen LogP contribution is -2.05. The Labute approximate surface area is 174 Å². The Morgan fingerprint density at radius 1 is 1.22 bits per heavy atom. The Balaban J connectivity index is 1.74. The number of carbonyl (C=O) groups excluding carboxylic acids is 1. The van der Waals surface area contributed by atoms with E-state index in [0.717, 1.165) is 10.0 Å². The third-order valence-electron chi connectivity index (χ3n) is 3.64. The minimum atomic E-state index is -0.0568. The molecule has 0 bridgehead atoms.